The van der Waals surface area contributed by atoms with Gasteiger partial charge in [-0.05, 0) is 49.2 Å². The van der Waals surface area contributed by atoms with Crippen LogP contribution < -0.4 is 10.6 Å². The molecule has 3 rings (SSSR count). The molecule has 2 amide bonds. The second-order valence-corrected chi connectivity index (χ2v) is 7.39. The highest BCUT2D eigenvalue weighted by molar-refractivity contribution is 8.00. The number of halogens is 1. The normalized spacial score (nSPS) is 14.5. The summed E-state index contributed by atoms with van der Waals surface area (Å²) in [6, 6.07) is 13.0. The van der Waals surface area contributed by atoms with Crippen molar-refractivity contribution in [2.75, 3.05) is 10.6 Å². The number of benzene rings is 2. The number of carbonyl (C=O) groups excluding carboxylic acids is 2. The monoisotopic (exact) mass is 360 g/mol. The molecule has 0 saturated heterocycles. The average molecular weight is 361 g/mol. The van der Waals surface area contributed by atoms with E-state index >= 15 is 0 Å². The van der Waals surface area contributed by atoms with Crippen LogP contribution in [0.15, 0.2) is 47.4 Å². The molecule has 0 fully saturated rings. The molecular weight excluding hydrogens is 344 g/mol. The molecule has 1 heterocycles. The van der Waals surface area contributed by atoms with Crippen LogP contribution in [0.1, 0.15) is 18.9 Å². The van der Waals surface area contributed by atoms with Crippen molar-refractivity contribution in [3.05, 3.63) is 53.1 Å². The molecule has 1 atom stereocenters. The minimum atomic E-state index is -0.277. The molecule has 0 aliphatic carbocycles. The van der Waals surface area contributed by atoms with Gasteiger partial charge in [0.1, 0.15) is 0 Å². The zero-order chi connectivity index (χ0) is 17.1. The summed E-state index contributed by atoms with van der Waals surface area (Å²) in [5, 5.41) is 6.13. The third-order valence-electron chi connectivity index (χ3n) is 3.78. The van der Waals surface area contributed by atoms with Crippen molar-refractivity contribution >= 4 is 46.6 Å². The lowest BCUT2D eigenvalue weighted by Gasteiger charge is -2.18. The summed E-state index contributed by atoms with van der Waals surface area (Å²) < 4.78 is 0. The van der Waals surface area contributed by atoms with Gasteiger partial charge in [-0.25, -0.2) is 0 Å². The number of carbonyl (C=O) groups is 2. The first-order valence-corrected chi connectivity index (χ1v) is 8.93. The summed E-state index contributed by atoms with van der Waals surface area (Å²) in [5.41, 5.74) is 2.60. The predicted octanol–water partition coefficient (Wildman–Crippen LogP) is 4.34. The van der Waals surface area contributed by atoms with Crippen molar-refractivity contribution in [1.82, 2.24) is 0 Å². The van der Waals surface area contributed by atoms with Crippen molar-refractivity contribution in [2.24, 2.45) is 0 Å². The number of aryl methyl sites for hydroxylation is 1. The minimum Gasteiger partial charge on any atom is -0.326 e. The molecule has 2 aromatic rings. The second-order valence-electron chi connectivity index (χ2n) is 5.60. The quantitative estimate of drug-likeness (QED) is 0.797. The molecule has 0 radical (unpaired) electrons. The number of nitrogens with one attached hydrogen (secondary N) is 2. The Labute approximate surface area is 150 Å². The molecule has 24 heavy (non-hydrogen) atoms. The van der Waals surface area contributed by atoms with Crippen molar-refractivity contribution < 1.29 is 9.59 Å². The molecule has 124 valence electrons. The van der Waals surface area contributed by atoms with Crippen molar-refractivity contribution in [1.29, 1.82) is 0 Å². The SMILES string of the molecule is CC(Sc1ccccc1Cl)C(=O)Nc1ccc2c(c1)CCC(=O)N2. The molecule has 0 aromatic heterocycles. The maximum Gasteiger partial charge on any atom is 0.237 e. The third-order valence-corrected chi connectivity index (χ3v) is 5.40. The largest absolute Gasteiger partial charge is 0.326 e. The van der Waals surface area contributed by atoms with Crippen LogP contribution >= 0.6 is 23.4 Å². The van der Waals surface area contributed by atoms with Crippen molar-refractivity contribution in [3.63, 3.8) is 0 Å². The Morgan fingerprint density at radius 1 is 1.25 bits per heavy atom. The van der Waals surface area contributed by atoms with Gasteiger partial charge in [0.05, 0.1) is 10.3 Å². The molecule has 0 bridgehead atoms. The number of rotatable bonds is 4. The standard InChI is InChI=1S/C18H17ClN2O2S/c1-11(24-16-5-3-2-4-14(16)19)18(23)20-13-7-8-15-12(10-13)6-9-17(22)21-15/h2-5,7-8,10-11H,6,9H2,1H3,(H,20,23)(H,21,22). The lowest BCUT2D eigenvalue weighted by Crippen LogP contribution is -2.23. The van der Waals surface area contributed by atoms with E-state index < -0.39 is 0 Å². The van der Waals surface area contributed by atoms with Gasteiger partial charge in [0.15, 0.2) is 0 Å². The third kappa shape index (κ3) is 3.91. The van der Waals surface area contributed by atoms with Gasteiger partial charge in [-0.15, -0.1) is 11.8 Å². The average Bonchev–Trinajstić information content (AvgIpc) is 2.57. The molecule has 0 spiro atoms. The van der Waals surface area contributed by atoms with E-state index in [1.54, 1.807) is 6.07 Å². The Morgan fingerprint density at radius 2 is 2.04 bits per heavy atom. The summed E-state index contributed by atoms with van der Waals surface area (Å²) >= 11 is 7.56. The summed E-state index contributed by atoms with van der Waals surface area (Å²) in [4.78, 5) is 24.7. The highest BCUT2D eigenvalue weighted by Gasteiger charge is 2.18. The topological polar surface area (TPSA) is 58.2 Å². The first-order chi connectivity index (χ1) is 11.5. The molecule has 1 unspecified atom stereocenters. The molecule has 0 saturated carbocycles. The molecular formula is C18H17ClN2O2S. The molecule has 2 aromatic carbocycles. The number of amides is 2. The highest BCUT2D eigenvalue weighted by Crippen LogP contribution is 2.31. The summed E-state index contributed by atoms with van der Waals surface area (Å²) in [6.45, 7) is 1.85. The fourth-order valence-electron chi connectivity index (χ4n) is 2.49. The summed E-state index contributed by atoms with van der Waals surface area (Å²) in [6.07, 6.45) is 1.16. The van der Waals surface area contributed by atoms with Crippen LogP contribution in [0, 0.1) is 0 Å². The van der Waals surface area contributed by atoms with Crippen LogP contribution in [0.2, 0.25) is 5.02 Å². The Balaban J connectivity index is 1.66. The van der Waals surface area contributed by atoms with E-state index in [0.29, 0.717) is 17.9 Å². The first-order valence-electron chi connectivity index (χ1n) is 7.68. The van der Waals surface area contributed by atoms with E-state index in [2.05, 4.69) is 10.6 Å². The fourth-order valence-corrected chi connectivity index (χ4v) is 3.64. The Bertz CT molecular complexity index is 794. The highest BCUT2D eigenvalue weighted by atomic mass is 35.5. The molecule has 1 aliphatic rings. The van der Waals surface area contributed by atoms with Crippen LogP contribution in [0.3, 0.4) is 0 Å². The minimum absolute atomic E-state index is 0.0315. The van der Waals surface area contributed by atoms with Crippen LogP contribution in [-0.2, 0) is 16.0 Å². The smallest absolute Gasteiger partial charge is 0.237 e. The lowest BCUT2D eigenvalue weighted by atomic mass is 10.0. The molecule has 6 heteroatoms. The number of fused-ring (bicyclic) bond motifs is 1. The summed E-state index contributed by atoms with van der Waals surface area (Å²) in [5.74, 6) is -0.0521. The van der Waals surface area contributed by atoms with E-state index in [1.165, 1.54) is 11.8 Å². The molecule has 2 N–H and O–H groups in total. The van der Waals surface area contributed by atoms with Crippen molar-refractivity contribution in [3.8, 4) is 0 Å². The van der Waals surface area contributed by atoms with Crippen LogP contribution in [-0.4, -0.2) is 17.1 Å². The number of anilines is 2. The van der Waals surface area contributed by atoms with Crippen molar-refractivity contribution in [2.45, 2.75) is 29.9 Å². The summed E-state index contributed by atoms with van der Waals surface area (Å²) in [7, 11) is 0. The van der Waals surface area contributed by atoms with Gasteiger partial charge in [0.2, 0.25) is 11.8 Å². The van der Waals surface area contributed by atoms with E-state index in [9.17, 15) is 9.59 Å². The van der Waals surface area contributed by atoms with Gasteiger partial charge in [-0.1, -0.05) is 23.7 Å². The van der Waals surface area contributed by atoms with Crippen LogP contribution in [0.4, 0.5) is 11.4 Å². The maximum absolute atomic E-state index is 12.4. The number of hydrogen-bond donors (Lipinski definition) is 2. The van der Waals surface area contributed by atoms with Gasteiger partial charge in [0, 0.05) is 22.7 Å². The first kappa shape index (κ1) is 16.9. The zero-order valence-corrected chi connectivity index (χ0v) is 14.7. The molecule has 1 aliphatic heterocycles. The van der Waals surface area contributed by atoms with E-state index in [0.717, 1.165) is 21.8 Å². The predicted molar refractivity (Wildman–Crippen MR) is 98.8 cm³/mol. The van der Waals surface area contributed by atoms with Gasteiger partial charge < -0.3 is 10.6 Å². The number of hydrogen-bond acceptors (Lipinski definition) is 3. The van der Waals surface area contributed by atoms with Crippen LogP contribution in [0.25, 0.3) is 0 Å². The Hall–Kier alpha value is -1.98. The van der Waals surface area contributed by atoms with E-state index in [-0.39, 0.29) is 17.1 Å². The van der Waals surface area contributed by atoms with Gasteiger partial charge >= 0.3 is 0 Å². The second kappa shape index (κ2) is 7.28. The maximum atomic E-state index is 12.4. The lowest BCUT2D eigenvalue weighted by molar-refractivity contribution is -0.116. The van der Waals surface area contributed by atoms with E-state index in [1.807, 2.05) is 43.3 Å². The van der Waals surface area contributed by atoms with Gasteiger partial charge in [0.25, 0.3) is 0 Å². The fraction of sp³-hybridized carbons (Fsp3) is 0.222. The molecule has 4 nitrogen and oxygen atoms in total. The van der Waals surface area contributed by atoms with Gasteiger partial charge in [-0.3, -0.25) is 9.59 Å². The zero-order valence-electron chi connectivity index (χ0n) is 13.1. The number of thioether (sulfide) groups is 1. The van der Waals surface area contributed by atoms with Gasteiger partial charge in [-0.2, -0.15) is 0 Å². The Morgan fingerprint density at radius 3 is 2.83 bits per heavy atom. The van der Waals surface area contributed by atoms with Crippen LogP contribution in [0.5, 0.6) is 0 Å². The Kier molecular flexibility index (Phi) is 5.11. The van der Waals surface area contributed by atoms with E-state index in [4.69, 9.17) is 11.6 Å².